The van der Waals surface area contributed by atoms with Crippen molar-refractivity contribution in [3.8, 4) is 0 Å². The lowest BCUT2D eigenvalue weighted by Gasteiger charge is -2.27. The molecule has 3 heterocycles. The number of imide groups is 1. The number of nitrogens with zero attached hydrogens (tertiary/aromatic N) is 2. The molecule has 2 aromatic carbocycles. The number of carbonyl (C=O) groups is 4. The van der Waals surface area contributed by atoms with Gasteiger partial charge in [0.2, 0.25) is 11.8 Å². The molecule has 2 amide bonds. The Morgan fingerprint density at radius 1 is 0.903 bits per heavy atom. The van der Waals surface area contributed by atoms with Crippen molar-refractivity contribution in [1.29, 1.82) is 0 Å². The molecule has 6 nitrogen and oxygen atoms in total. The predicted molar refractivity (Wildman–Crippen MR) is 115 cm³/mol. The fourth-order valence-corrected chi connectivity index (χ4v) is 5.53. The Labute approximate surface area is 184 Å². The second-order valence-electron chi connectivity index (χ2n) is 8.43. The molecule has 5 rings (SSSR count). The number of Topliss-reactive ketones (excluding diaryl/α,β-unsaturated/α-hetero) is 2. The van der Waals surface area contributed by atoms with Crippen molar-refractivity contribution in [2.75, 3.05) is 11.4 Å². The van der Waals surface area contributed by atoms with Crippen LogP contribution >= 0.6 is 11.6 Å². The van der Waals surface area contributed by atoms with E-state index in [1.807, 2.05) is 0 Å². The fourth-order valence-electron chi connectivity index (χ4n) is 5.40. The first-order valence-corrected chi connectivity index (χ1v) is 10.8. The van der Waals surface area contributed by atoms with E-state index in [0.717, 1.165) is 12.8 Å². The van der Waals surface area contributed by atoms with Crippen LogP contribution in [0.15, 0.2) is 48.5 Å². The van der Waals surface area contributed by atoms with Crippen LogP contribution in [0.4, 0.5) is 5.69 Å². The van der Waals surface area contributed by atoms with Gasteiger partial charge in [-0.2, -0.15) is 0 Å². The SMILES string of the molecule is CC(=O)c1ccc(N2C(=O)[C@@H]3[C@H](C2=O)[C@H]2CCCN2[C@@H]3C(=O)c2ccc(Cl)cc2)cc1. The largest absolute Gasteiger partial charge is 0.295 e. The molecule has 0 bridgehead atoms. The molecule has 3 fully saturated rings. The van der Waals surface area contributed by atoms with Crippen molar-refractivity contribution in [2.45, 2.75) is 31.8 Å². The van der Waals surface area contributed by atoms with Crippen LogP contribution in [0.25, 0.3) is 0 Å². The molecule has 31 heavy (non-hydrogen) atoms. The van der Waals surface area contributed by atoms with Crippen LogP contribution in [-0.4, -0.2) is 46.9 Å². The first kappa shape index (κ1) is 20.1. The smallest absolute Gasteiger partial charge is 0.239 e. The van der Waals surface area contributed by atoms with Gasteiger partial charge in [-0.25, -0.2) is 4.90 Å². The molecule has 158 valence electrons. The predicted octanol–water partition coefficient (Wildman–Crippen LogP) is 3.38. The zero-order valence-corrected chi connectivity index (χ0v) is 17.7. The molecule has 0 spiro atoms. The van der Waals surface area contributed by atoms with Crippen molar-refractivity contribution >= 4 is 40.7 Å². The average molecular weight is 437 g/mol. The van der Waals surface area contributed by atoms with Gasteiger partial charge >= 0.3 is 0 Å². The third-order valence-corrected chi connectivity index (χ3v) is 7.03. The summed E-state index contributed by atoms with van der Waals surface area (Å²) in [6.07, 6.45) is 1.69. The van der Waals surface area contributed by atoms with E-state index < -0.39 is 17.9 Å². The second kappa shape index (κ2) is 7.39. The number of rotatable bonds is 4. The van der Waals surface area contributed by atoms with E-state index in [1.54, 1.807) is 48.5 Å². The summed E-state index contributed by atoms with van der Waals surface area (Å²) in [5.74, 6) is -2.05. The standard InChI is InChI=1S/C24H21ClN2O4/c1-13(28)14-6-10-17(11-7-14)27-23(30)19-18-3-2-12-26(18)21(20(19)24(27)31)22(29)15-4-8-16(25)9-5-15/h4-11,18-21H,2-3,12H2,1H3/t18-,19-,20-,21+/m1/s1. The number of amides is 2. The number of carbonyl (C=O) groups excluding carboxylic acids is 4. The highest BCUT2D eigenvalue weighted by Gasteiger charge is 2.64. The van der Waals surface area contributed by atoms with Crippen LogP contribution in [-0.2, 0) is 9.59 Å². The Kier molecular flexibility index (Phi) is 4.79. The zero-order valence-electron chi connectivity index (χ0n) is 17.0. The van der Waals surface area contributed by atoms with Crippen molar-refractivity contribution < 1.29 is 19.2 Å². The highest BCUT2D eigenvalue weighted by molar-refractivity contribution is 6.30. The molecule has 3 aliphatic heterocycles. The highest BCUT2D eigenvalue weighted by Crippen LogP contribution is 2.48. The summed E-state index contributed by atoms with van der Waals surface area (Å²) in [4.78, 5) is 55.2. The molecule has 0 unspecified atom stereocenters. The lowest BCUT2D eigenvalue weighted by Crippen LogP contribution is -2.46. The van der Waals surface area contributed by atoms with Gasteiger partial charge in [-0.15, -0.1) is 0 Å². The Morgan fingerprint density at radius 3 is 2.16 bits per heavy atom. The minimum Gasteiger partial charge on any atom is -0.295 e. The normalized spacial score (nSPS) is 27.5. The van der Waals surface area contributed by atoms with Crippen LogP contribution in [0.3, 0.4) is 0 Å². The maximum absolute atomic E-state index is 13.5. The summed E-state index contributed by atoms with van der Waals surface area (Å²) >= 11 is 5.97. The number of hydrogen-bond acceptors (Lipinski definition) is 5. The van der Waals surface area contributed by atoms with E-state index in [0.29, 0.717) is 28.4 Å². The Morgan fingerprint density at radius 2 is 1.52 bits per heavy atom. The molecule has 0 radical (unpaired) electrons. The van der Waals surface area contributed by atoms with Gasteiger partial charge in [0.05, 0.1) is 23.6 Å². The zero-order chi connectivity index (χ0) is 21.9. The average Bonchev–Trinajstić information content (AvgIpc) is 3.40. The molecule has 2 aromatic rings. The summed E-state index contributed by atoms with van der Waals surface area (Å²) < 4.78 is 0. The summed E-state index contributed by atoms with van der Waals surface area (Å²) in [5.41, 5.74) is 1.45. The van der Waals surface area contributed by atoms with E-state index in [2.05, 4.69) is 4.90 Å². The molecular weight excluding hydrogens is 416 g/mol. The van der Waals surface area contributed by atoms with E-state index in [9.17, 15) is 19.2 Å². The molecule has 3 saturated heterocycles. The van der Waals surface area contributed by atoms with Gasteiger partial charge in [-0.05, 0) is 74.8 Å². The third-order valence-electron chi connectivity index (χ3n) is 6.78. The van der Waals surface area contributed by atoms with Crippen LogP contribution in [0.2, 0.25) is 5.02 Å². The van der Waals surface area contributed by atoms with Crippen molar-refractivity contribution in [3.05, 3.63) is 64.7 Å². The third kappa shape index (κ3) is 3.05. The van der Waals surface area contributed by atoms with Gasteiger partial charge in [0.1, 0.15) is 0 Å². The van der Waals surface area contributed by atoms with Crippen LogP contribution in [0, 0.1) is 11.8 Å². The van der Waals surface area contributed by atoms with Gasteiger partial charge < -0.3 is 0 Å². The van der Waals surface area contributed by atoms with Gasteiger partial charge in [-0.1, -0.05) is 11.6 Å². The molecule has 0 aliphatic carbocycles. The molecule has 3 aliphatic rings. The number of halogens is 1. The van der Waals surface area contributed by atoms with Gasteiger partial charge in [0.25, 0.3) is 0 Å². The molecule has 4 atom stereocenters. The topological polar surface area (TPSA) is 74.8 Å². The van der Waals surface area contributed by atoms with Gasteiger partial charge in [0.15, 0.2) is 11.6 Å². The highest BCUT2D eigenvalue weighted by atomic mass is 35.5. The van der Waals surface area contributed by atoms with Gasteiger partial charge in [0, 0.05) is 22.2 Å². The maximum Gasteiger partial charge on any atom is 0.239 e. The number of anilines is 1. The van der Waals surface area contributed by atoms with Crippen LogP contribution in [0.5, 0.6) is 0 Å². The number of hydrogen-bond donors (Lipinski definition) is 0. The number of benzene rings is 2. The van der Waals surface area contributed by atoms with E-state index in [-0.39, 0.29) is 29.4 Å². The first-order chi connectivity index (χ1) is 14.9. The molecule has 0 N–H and O–H groups in total. The van der Waals surface area contributed by atoms with E-state index >= 15 is 0 Å². The van der Waals surface area contributed by atoms with E-state index in [1.165, 1.54) is 11.8 Å². The number of ketones is 2. The van der Waals surface area contributed by atoms with Crippen molar-refractivity contribution in [2.24, 2.45) is 11.8 Å². The van der Waals surface area contributed by atoms with Gasteiger partial charge in [-0.3, -0.25) is 24.1 Å². The van der Waals surface area contributed by atoms with E-state index in [4.69, 9.17) is 11.6 Å². The van der Waals surface area contributed by atoms with Crippen molar-refractivity contribution in [3.63, 3.8) is 0 Å². The summed E-state index contributed by atoms with van der Waals surface area (Å²) in [6.45, 7) is 2.17. The lowest BCUT2D eigenvalue weighted by atomic mass is 9.85. The summed E-state index contributed by atoms with van der Waals surface area (Å²) in [5, 5.41) is 0.534. The van der Waals surface area contributed by atoms with Crippen LogP contribution < -0.4 is 4.90 Å². The lowest BCUT2D eigenvalue weighted by molar-refractivity contribution is -0.123. The molecule has 0 aromatic heterocycles. The Balaban J connectivity index is 1.52. The van der Waals surface area contributed by atoms with Crippen molar-refractivity contribution in [1.82, 2.24) is 4.90 Å². The molecular formula is C24H21ClN2O4. The summed E-state index contributed by atoms with van der Waals surface area (Å²) in [7, 11) is 0. The second-order valence-corrected chi connectivity index (χ2v) is 8.87. The minimum absolute atomic E-state index is 0.0854. The Bertz CT molecular complexity index is 1100. The number of fused-ring (bicyclic) bond motifs is 3. The quantitative estimate of drug-likeness (QED) is 0.542. The maximum atomic E-state index is 13.5. The Hall–Kier alpha value is -2.83. The first-order valence-electron chi connectivity index (χ1n) is 10.4. The summed E-state index contributed by atoms with van der Waals surface area (Å²) in [6, 6.07) is 12.4. The monoisotopic (exact) mass is 436 g/mol. The minimum atomic E-state index is -0.700. The molecule has 7 heteroatoms. The fraction of sp³-hybridized carbons (Fsp3) is 0.333. The van der Waals surface area contributed by atoms with Crippen LogP contribution in [0.1, 0.15) is 40.5 Å². The molecule has 0 saturated carbocycles.